The van der Waals surface area contributed by atoms with Crippen LogP contribution in [0, 0.1) is 5.82 Å². The zero-order chi connectivity index (χ0) is 20.9. The van der Waals surface area contributed by atoms with Crippen LogP contribution >= 0.6 is 0 Å². The quantitative estimate of drug-likeness (QED) is 0.607. The lowest BCUT2D eigenvalue weighted by atomic mass is 10.1. The largest absolute Gasteiger partial charge is 0.491 e. The van der Waals surface area contributed by atoms with Crippen LogP contribution in [0.5, 0.6) is 5.75 Å². The topological polar surface area (TPSA) is 84.0 Å². The average Bonchev–Trinajstić information content (AvgIpc) is 3.13. The number of aliphatic imine (C=N–C) groups is 1. The lowest BCUT2D eigenvalue weighted by molar-refractivity contribution is -0.115. The predicted octanol–water partition coefficient (Wildman–Crippen LogP) is 3.39. The van der Waals surface area contributed by atoms with Gasteiger partial charge in [-0.05, 0) is 37.2 Å². The Morgan fingerprint density at radius 1 is 1.23 bits per heavy atom. The number of rotatable bonds is 7. The molecule has 7 nitrogen and oxygen atoms in total. The van der Waals surface area contributed by atoms with Gasteiger partial charge in [-0.25, -0.2) is 4.39 Å². The maximum absolute atomic E-state index is 13.3. The van der Waals surface area contributed by atoms with Gasteiger partial charge in [-0.15, -0.1) is 0 Å². The van der Waals surface area contributed by atoms with Gasteiger partial charge < -0.3 is 25.4 Å². The van der Waals surface area contributed by atoms with Crippen molar-refractivity contribution in [1.29, 1.82) is 0 Å². The number of nitrogens with zero attached hydrogens (tertiary/aromatic N) is 1. The molecule has 2 aliphatic rings. The first kappa shape index (κ1) is 20.2. The molecule has 2 heterocycles. The van der Waals surface area contributed by atoms with E-state index in [1.54, 1.807) is 6.07 Å². The van der Waals surface area contributed by atoms with E-state index in [9.17, 15) is 9.18 Å². The van der Waals surface area contributed by atoms with Crippen LogP contribution in [0.25, 0.3) is 0 Å². The van der Waals surface area contributed by atoms with Crippen molar-refractivity contribution < 1.29 is 18.7 Å². The minimum absolute atomic E-state index is 0.0787. The molecule has 1 amide bonds. The summed E-state index contributed by atoms with van der Waals surface area (Å²) in [7, 11) is 0. The molecular formula is C22H25FN4O3. The number of ether oxygens (including phenoxy) is 2. The molecule has 0 aliphatic carbocycles. The zero-order valence-corrected chi connectivity index (χ0v) is 16.8. The number of anilines is 1. The molecule has 0 saturated carbocycles. The summed E-state index contributed by atoms with van der Waals surface area (Å²) in [5.74, 6) is 0.132. The second-order valence-electron chi connectivity index (χ2n) is 7.32. The number of carbonyl (C=O) groups is 1. The van der Waals surface area contributed by atoms with Gasteiger partial charge in [0.15, 0.2) is 0 Å². The Labute approximate surface area is 174 Å². The van der Waals surface area contributed by atoms with E-state index in [4.69, 9.17) is 9.47 Å². The Kier molecular flexibility index (Phi) is 6.13. The van der Waals surface area contributed by atoms with Crippen LogP contribution in [-0.2, 0) is 16.1 Å². The van der Waals surface area contributed by atoms with Crippen molar-refractivity contribution in [1.82, 2.24) is 10.6 Å². The summed E-state index contributed by atoms with van der Waals surface area (Å²) >= 11 is 0. The molecule has 0 aromatic heterocycles. The molecule has 158 valence electrons. The molecule has 8 heteroatoms. The van der Waals surface area contributed by atoms with Gasteiger partial charge in [0.05, 0.1) is 18.3 Å². The summed E-state index contributed by atoms with van der Waals surface area (Å²) in [6.45, 7) is 3.95. The maximum Gasteiger partial charge on any atom is 0.290 e. The first-order valence-corrected chi connectivity index (χ1v) is 10.2. The molecule has 3 N–H and O–H groups in total. The minimum atomic E-state index is -0.325. The number of amidine groups is 1. The second kappa shape index (κ2) is 9.13. The number of carbonyl (C=O) groups excluding carboxylic acids is 1. The first-order valence-electron chi connectivity index (χ1n) is 10.2. The highest BCUT2D eigenvalue weighted by molar-refractivity contribution is 5.92. The highest BCUT2D eigenvalue weighted by Gasteiger charge is 2.27. The number of halogens is 1. The molecule has 2 aromatic rings. The van der Waals surface area contributed by atoms with E-state index in [-0.39, 0.29) is 24.3 Å². The zero-order valence-electron chi connectivity index (χ0n) is 16.8. The van der Waals surface area contributed by atoms with Crippen LogP contribution in [0.4, 0.5) is 15.8 Å². The van der Waals surface area contributed by atoms with E-state index < -0.39 is 0 Å². The maximum atomic E-state index is 13.3. The standard InChI is InChI=1S/C22H25FN4O3/c1-2-3-8-24-11-21(28)25-16-5-7-18-14(9-16)12-30-22(26-18)27-19-13-29-20-10-15(23)4-6-17(19)20/h4-7,9-10,19,24H,2-3,8,11-13H2,1H3,(H,25,28)(H,26,27). The molecule has 30 heavy (non-hydrogen) atoms. The predicted molar refractivity (Wildman–Crippen MR) is 113 cm³/mol. The van der Waals surface area contributed by atoms with E-state index in [0.29, 0.717) is 30.7 Å². The smallest absolute Gasteiger partial charge is 0.290 e. The van der Waals surface area contributed by atoms with Gasteiger partial charge in [0.1, 0.15) is 24.8 Å². The highest BCUT2D eigenvalue weighted by atomic mass is 19.1. The molecule has 0 fully saturated rings. The molecule has 0 bridgehead atoms. The lowest BCUT2D eigenvalue weighted by Gasteiger charge is -2.21. The van der Waals surface area contributed by atoms with Crippen molar-refractivity contribution in [3.63, 3.8) is 0 Å². The molecule has 2 aromatic carbocycles. The fourth-order valence-corrected chi connectivity index (χ4v) is 3.41. The molecule has 0 radical (unpaired) electrons. The van der Waals surface area contributed by atoms with Crippen molar-refractivity contribution in [2.75, 3.05) is 25.0 Å². The third kappa shape index (κ3) is 4.71. The third-order valence-electron chi connectivity index (χ3n) is 5.00. The molecule has 1 atom stereocenters. The summed E-state index contributed by atoms with van der Waals surface area (Å²) in [4.78, 5) is 16.6. The second-order valence-corrected chi connectivity index (χ2v) is 7.32. The number of fused-ring (bicyclic) bond motifs is 2. The summed E-state index contributed by atoms with van der Waals surface area (Å²) in [6.07, 6.45) is 2.14. The Morgan fingerprint density at radius 2 is 2.13 bits per heavy atom. The van der Waals surface area contributed by atoms with Crippen molar-refractivity contribution in [3.05, 3.63) is 53.3 Å². The summed E-state index contributed by atoms with van der Waals surface area (Å²) in [6, 6.07) is 10.3. The van der Waals surface area contributed by atoms with E-state index in [1.165, 1.54) is 12.1 Å². The number of hydrogen-bond acceptors (Lipinski definition) is 6. The Bertz CT molecular complexity index is 963. The highest BCUT2D eigenvalue weighted by Crippen LogP contribution is 2.34. The summed E-state index contributed by atoms with van der Waals surface area (Å²) in [5, 5.41) is 9.22. The molecule has 0 saturated heterocycles. The molecule has 1 unspecified atom stereocenters. The van der Waals surface area contributed by atoms with Crippen LogP contribution in [0.1, 0.15) is 36.9 Å². The SMILES string of the molecule is CCCCNCC(=O)Nc1ccc2c(c1)COC(NC1COc3cc(F)ccc31)=N2. The number of benzene rings is 2. The molecule has 2 aliphatic heterocycles. The van der Waals surface area contributed by atoms with Crippen LogP contribution in [0.2, 0.25) is 0 Å². The number of amides is 1. The van der Waals surface area contributed by atoms with Gasteiger partial charge in [0.2, 0.25) is 5.91 Å². The van der Waals surface area contributed by atoms with Gasteiger partial charge in [-0.3, -0.25) is 4.79 Å². The Hall–Kier alpha value is -3.13. The lowest BCUT2D eigenvalue weighted by Crippen LogP contribution is -2.32. The number of nitrogens with one attached hydrogen (secondary N) is 3. The van der Waals surface area contributed by atoms with E-state index >= 15 is 0 Å². The van der Waals surface area contributed by atoms with Crippen molar-refractivity contribution in [2.45, 2.75) is 32.4 Å². The Morgan fingerprint density at radius 3 is 3.00 bits per heavy atom. The van der Waals surface area contributed by atoms with E-state index in [0.717, 1.165) is 36.2 Å². The first-order chi connectivity index (χ1) is 14.6. The monoisotopic (exact) mass is 412 g/mol. The number of unbranched alkanes of at least 4 members (excludes halogenated alkanes) is 1. The average molecular weight is 412 g/mol. The van der Waals surface area contributed by atoms with Gasteiger partial charge in [0, 0.05) is 22.9 Å². The van der Waals surface area contributed by atoms with Crippen LogP contribution in [0.3, 0.4) is 0 Å². The minimum Gasteiger partial charge on any atom is -0.491 e. The van der Waals surface area contributed by atoms with Crippen LogP contribution < -0.4 is 20.7 Å². The molecular weight excluding hydrogens is 387 g/mol. The van der Waals surface area contributed by atoms with Crippen molar-refractivity contribution in [3.8, 4) is 5.75 Å². The molecule has 0 spiro atoms. The van der Waals surface area contributed by atoms with E-state index in [1.807, 2.05) is 18.2 Å². The van der Waals surface area contributed by atoms with Gasteiger partial charge in [-0.2, -0.15) is 4.99 Å². The van der Waals surface area contributed by atoms with Crippen LogP contribution in [-0.4, -0.2) is 31.6 Å². The van der Waals surface area contributed by atoms with Crippen LogP contribution in [0.15, 0.2) is 41.4 Å². The van der Waals surface area contributed by atoms with Gasteiger partial charge in [0.25, 0.3) is 6.02 Å². The fraction of sp³-hybridized carbons (Fsp3) is 0.364. The summed E-state index contributed by atoms with van der Waals surface area (Å²) in [5.41, 5.74) is 3.26. The van der Waals surface area contributed by atoms with E-state index in [2.05, 4.69) is 27.9 Å². The van der Waals surface area contributed by atoms with Gasteiger partial charge >= 0.3 is 0 Å². The molecule has 4 rings (SSSR count). The Balaban J connectivity index is 1.37. The normalized spacial score (nSPS) is 16.6. The fourth-order valence-electron chi connectivity index (χ4n) is 3.41. The summed E-state index contributed by atoms with van der Waals surface area (Å²) < 4.78 is 24.6. The van der Waals surface area contributed by atoms with Crippen molar-refractivity contribution in [2.24, 2.45) is 4.99 Å². The van der Waals surface area contributed by atoms with Gasteiger partial charge in [-0.1, -0.05) is 19.4 Å². The third-order valence-corrected chi connectivity index (χ3v) is 5.00. The van der Waals surface area contributed by atoms with Crippen molar-refractivity contribution >= 4 is 23.3 Å². The number of hydrogen-bond donors (Lipinski definition) is 3.